The molecule has 1 amide bonds. The lowest BCUT2D eigenvalue weighted by Crippen LogP contribution is -2.18. The molecule has 1 aromatic carbocycles. The van der Waals surface area contributed by atoms with Crippen molar-refractivity contribution in [2.75, 3.05) is 5.32 Å². The molecule has 3 aromatic rings. The predicted molar refractivity (Wildman–Crippen MR) is 103 cm³/mol. The highest BCUT2D eigenvalue weighted by Gasteiger charge is 2.17. The molecule has 0 radical (unpaired) electrons. The molecule has 8 heteroatoms. The smallest absolute Gasteiger partial charge is 0.274 e. The van der Waals surface area contributed by atoms with Gasteiger partial charge in [0.25, 0.3) is 5.91 Å². The number of rotatable bonds is 5. The van der Waals surface area contributed by atoms with Crippen molar-refractivity contribution in [2.45, 2.75) is 33.9 Å². The number of nitrogens with zero attached hydrogens (tertiary/aromatic N) is 4. The first-order valence-corrected chi connectivity index (χ1v) is 8.97. The van der Waals surface area contributed by atoms with Crippen LogP contribution in [0.3, 0.4) is 0 Å². The van der Waals surface area contributed by atoms with Crippen LogP contribution >= 0.6 is 23.2 Å². The number of aryl methyl sites for hydroxylation is 2. The van der Waals surface area contributed by atoms with Gasteiger partial charge in [-0.05, 0) is 44.5 Å². The van der Waals surface area contributed by atoms with Gasteiger partial charge in [-0.3, -0.25) is 14.2 Å². The Bertz CT molecular complexity index is 961. The minimum atomic E-state index is -0.204. The average molecular weight is 392 g/mol. The predicted octanol–water partition coefficient (Wildman–Crippen LogP) is 4.32. The Morgan fingerprint density at radius 1 is 1.15 bits per heavy atom. The second-order valence-corrected chi connectivity index (χ2v) is 6.75. The molecule has 0 aliphatic rings. The maximum absolute atomic E-state index is 12.6. The van der Waals surface area contributed by atoms with Gasteiger partial charge in [-0.2, -0.15) is 10.2 Å². The summed E-state index contributed by atoms with van der Waals surface area (Å²) < 4.78 is 3.49. The Hall–Kier alpha value is -2.31. The van der Waals surface area contributed by atoms with Gasteiger partial charge < -0.3 is 5.32 Å². The molecule has 0 aliphatic carbocycles. The van der Waals surface area contributed by atoms with Gasteiger partial charge in [0.2, 0.25) is 0 Å². The van der Waals surface area contributed by atoms with E-state index in [0.717, 1.165) is 17.0 Å². The first kappa shape index (κ1) is 18.5. The van der Waals surface area contributed by atoms with Crippen LogP contribution in [-0.2, 0) is 13.1 Å². The fraction of sp³-hybridized carbons (Fsp3) is 0.278. The van der Waals surface area contributed by atoms with Crippen molar-refractivity contribution >= 4 is 34.8 Å². The number of aromatic nitrogens is 4. The topological polar surface area (TPSA) is 64.7 Å². The Kier molecular flexibility index (Phi) is 5.34. The third-order valence-electron chi connectivity index (χ3n) is 4.19. The lowest BCUT2D eigenvalue weighted by molar-refractivity contribution is 0.101. The molecule has 136 valence electrons. The molecule has 0 atom stereocenters. The van der Waals surface area contributed by atoms with E-state index in [1.165, 1.54) is 0 Å². The second-order valence-electron chi connectivity index (χ2n) is 5.94. The average Bonchev–Trinajstić information content (AvgIpc) is 3.18. The van der Waals surface area contributed by atoms with Gasteiger partial charge in [0.15, 0.2) is 0 Å². The number of hydrogen-bond acceptors (Lipinski definition) is 3. The van der Waals surface area contributed by atoms with Crippen LogP contribution in [0.2, 0.25) is 10.0 Å². The van der Waals surface area contributed by atoms with Crippen LogP contribution in [0.25, 0.3) is 0 Å². The van der Waals surface area contributed by atoms with Crippen molar-refractivity contribution in [3.63, 3.8) is 0 Å². The molecule has 0 fully saturated rings. The molecule has 0 spiro atoms. The van der Waals surface area contributed by atoms with Gasteiger partial charge in [0.1, 0.15) is 5.69 Å². The van der Waals surface area contributed by atoms with Gasteiger partial charge in [0, 0.05) is 12.7 Å². The minimum absolute atomic E-state index is 0.204. The van der Waals surface area contributed by atoms with Crippen molar-refractivity contribution in [2.24, 2.45) is 0 Å². The van der Waals surface area contributed by atoms with Crippen LogP contribution in [0.4, 0.5) is 5.69 Å². The first-order valence-electron chi connectivity index (χ1n) is 8.21. The van der Waals surface area contributed by atoms with Crippen LogP contribution in [0.5, 0.6) is 0 Å². The van der Waals surface area contributed by atoms with Crippen molar-refractivity contribution in [1.82, 2.24) is 19.6 Å². The van der Waals surface area contributed by atoms with Gasteiger partial charge >= 0.3 is 0 Å². The Labute approximate surface area is 161 Å². The highest BCUT2D eigenvalue weighted by atomic mass is 35.5. The number of nitrogens with one attached hydrogen (secondary N) is 1. The Morgan fingerprint density at radius 2 is 1.92 bits per heavy atom. The molecule has 2 heterocycles. The highest BCUT2D eigenvalue weighted by Crippen LogP contribution is 2.25. The zero-order valence-electron chi connectivity index (χ0n) is 14.8. The van der Waals surface area contributed by atoms with E-state index < -0.39 is 0 Å². The first-order chi connectivity index (χ1) is 12.4. The maximum atomic E-state index is 12.6. The number of benzene rings is 1. The van der Waals surface area contributed by atoms with E-state index in [4.69, 9.17) is 23.2 Å². The summed E-state index contributed by atoms with van der Waals surface area (Å²) in [5, 5.41) is 12.6. The molecule has 0 saturated carbocycles. The summed E-state index contributed by atoms with van der Waals surface area (Å²) in [6, 6.07) is 7.18. The monoisotopic (exact) mass is 391 g/mol. The SMILES string of the molecule is CCn1nccc1C(=O)Nc1c(C)nn(Cc2ccc(Cl)c(Cl)c2)c1C. The van der Waals surface area contributed by atoms with Crippen molar-refractivity contribution in [3.8, 4) is 0 Å². The molecule has 0 saturated heterocycles. The Morgan fingerprint density at radius 3 is 2.62 bits per heavy atom. The third kappa shape index (κ3) is 3.61. The van der Waals surface area contributed by atoms with Crippen LogP contribution in [0.1, 0.15) is 34.4 Å². The maximum Gasteiger partial charge on any atom is 0.274 e. The molecule has 1 N–H and O–H groups in total. The second kappa shape index (κ2) is 7.51. The standard InChI is InChI=1S/C18H19Cl2N5O/c1-4-24-16(7-8-21-24)18(26)22-17-11(2)23-25(12(17)3)10-13-5-6-14(19)15(20)9-13/h5-9H,4,10H2,1-3H3,(H,22,26). The summed E-state index contributed by atoms with van der Waals surface area (Å²) in [5.41, 5.74) is 3.82. The number of hydrogen-bond donors (Lipinski definition) is 1. The third-order valence-corrected chi connectivity index (χ3v) is 4.92. The molecule has 26 heavy (non-hydrogen) atoms. The number of anilines is 1. The van der Waals surface area contributed by atoms with Crippen molar-refractivity contribution in [1.29, 1.82) is 0 Å². The van der Waals surface area contributed by atoms with Crippen molar-refractivity contribution < 1.29 is 4.79 Å². The van der Waals surface area contributed by atoms with Gasteiger partial charge in [0.05, 0.1) is 33.7 Å². The molecule has 6 nitrogen and oxygen atoms in total. The van der Waals surface area contributed by atoms with Crippen LogP contribution in [0, 0.1) is 13.8 Å². The zero-order chi connectivity index (χ0) is 18.8. The molecular weight excluding hydrogens is 373 g/mol. The van der Waals surface area contributed by atoms with E-state index in [0.29, 0.717) is 34.5 Å². The number of halogens is 2. The Balaban J connectivity index is 1.83. The summed E-state index contributed by atoms with van der Waals surface area (Å²) in [5.74, 6) is -0.204. The lowest BCUT2D eigenvalue weighted by Gasteiger charge is -2.09. The van der Waals surface area contributed by atoms with Crippen molar-refractivity contribution in [3.05, 3.63) is 63.2 Å². The number of amides is 1. The normalized spacial score (nSPS) is 11.0. The molecule has 0 unspecified atom stereocenters. The summed E-state index contributed by atoms with van der Waals surface area (Å²) in [6.45, 7) is 6.89. The summed E-state index contributed by atoms with van der Waals surface area (Å²) >= 11 is 12.1. The van der Waals surface area contributed by atoms with E-state index in [9.17, 15) is 4.79 Å². The fourth-order valence-corrected chi connectivity index (χ4v) is 3.12. The van der Waals surface area contributed by atoms with Crippen LogP contribution in [-0.4, -0.2) is 25.5 Å². The van der Waals surface area contributed by atoms with E-state index >= 15 is 0 Å². The quantitative estimate of drug-likeness (QED) is 0.703. The summed E-state index contributed by atoms with van der Waals surface area (Å²) in [7, 11) is 0. The van der Waals surface area contributed by atoms with Gasteiger partial charge in [-0.15, -0.1) is 0 Å². The fourth-order valence-electron chi connectivity index (χ4n) is 2.80. The van der Waals surface area contributed by atoms with Crippen LogP contribution < -0.4 is 5.32 Å². The largest absolute Gasteiger partial charge is 0.317 e. The van der Waals surface area contributed by atoms with E-state index in [-0.39, 0.29) is 5.91 Å². The van der Waals surface area contributed by atoms with Gasteiger partial charge in [-0.1, -0.05) is 29.3 Å². The molecule has 2 aromatic heterocycles. The van der Waals surface area contributed by atoms with E-state index in [2.05, 4.69) is 15.5 Å². The van der Waals surface area contributed by atoms with E-state index in [1.54, 1.807) is 23.0 Å². The zero-order valence-corrected chi connectivity index (χ0v) is 16.3. The van der Waals surface area contributed by atoms with Gasteiger partial charge in [-0.25, -0.2) is 0 Å². The number of carbonyl (C=O) groups excluding carboxylic acids is 1. The number of carbonyl (C=O) groups is 1. The van der Waals surface area contributed by atoms with Crippen LogP contribution in [0.15, 0.2) is 30.5 Å². The molecule has 0 bridgehead atoms. The molecular formula is C18H19Cl2N5O. The minimum Gasteiger partial charge on any atom is -0.317 e. The molecule has 3 rings (SSSR count). The highest BCUT2D eigenvalue weighted by molar-refractivity contribution is 6.42. The summed E-state index contributed by atoms with van der Waals surface area (Å²) in [6.07, 6.45) is 1.62. The molecule has 0 aliphatic heterocycles. The lowest BCUT2D eigenvalue weighted by atomic mass is 10.2. The van der Waals surface area contributed by atoms with E-state index in [1.807, 2.05) is 37.6 Å². The summed E-state index contributed by atoms with van der Waals surface area (Å²) in [4.78, 5) is 12.6.